The first-order valence-corrected chi connectivity index (χ1v) is 11.9. The van der Waals surface area contributed by atoms with Crippen LogP contribution < -0.4 is 5.32 Å². The minimum absolute atomic E-state index is 0.0913. The molecule has 2 aliphatic rings. The number of amides is 2. The molecule has 1 aliphatic carbocycles. The molecule has 0 radical (unpaired) electrons. The molecule has 4 rings (SSSR count). The number of nitrogens with zero attached hydrogens (tertiary/aromatic N) is 1. The second kappa shape index (κ2) is 9.84. The minimum Gasteiger partial charge on any atom is -0.448 e. The van der Waals surface area contributed by atoms with E-state index in [1.165, 1.54) is 25.1 Å². The Morgan fingerprint density at radius 3 is 2.18 bits per heavy atom. The number of aryl methyl sites for hydroxylation is 1. The number of halogens is 9. The topological polar surface area (TPSA) is 77.0 Å². The molecule has 6 nitrogen and oxygen atoms in total. The van der Waals surface area contributed by atoms with Crippen molar-refractivity contribution in [3.63, 3.8) is 0 Å². The summed E-state index contributed by atoms with van der Waals surface area (Å²) in [6.07, 6.45) is -12.2. The maximum Gasteiger partial charge on any atom is 0.435 e. The molecule has 0 aromatic heterocycles. The zero-order valence-electron chi connectivity index (χ0n) is 19.7. The highest BCUT2D eigenvalue weighted by atomic mass is 35.5. The molecule has 1 heterocycles. The van der Waals surface area contributed by atoms with Gasteiger partial charge in [0.2, 0.25) is 0 Å². The lowest BCUT2D eigenvalue weighted by Gasteiger charge is -2.29. The third-order valence-electron chi connectivity index (χ3n) is 6.59. The highest BCUT2D eigenvalue weighted by Gasteiger charge is 2.64. The van der Waals surface area contributed by atoms with Crippen LogP contribution >= 0.6 is 23.2 Å². The van der Waals surface area contributed by atoms with E-state index in [2.05, 4.69) is 9.89 Å². The van der Waals surface area contributed by atoms with E-state index in [-0.39, 0.29) is 35.2 Å². The fraction of sp³-hybridized carbons (Fsp3) is 0.375. The predicted molar refractivity (Wildman–Crippen MR) is 124 cm³/mol. The molecular formula is C24H17Cl2F7N2O4. The second-order valence-electron chi connectivity index (χ2n) is 9.22. The largest absolute Gasteiger partial charge is 0.448 e. The third-order valence-corrected chi connectivity index (χ3v) is 7.14. The number of hydrogen-bond acceptors (Lipinski definition) is 5. The molecule has 15 heteroatoms. The first-order valence-electron chi connectivity index (χ1n) is 11.1. The number of nitrogens with one attached hydrogen (secondary N) is 1. The molecule has 1 N–H and O–H groups in total. The van der Waals surface area contributed by atoms with Crippen LogP contribution in [0.25, 0.3) is 0 Å². The maximum atomic E-state index is 14.2. The highest BCUT2D eigenvalue weighted by Crippen LogP contribution is 2.57. The molecule has 2 amide bonds. The molecule has 1 atom stereocenters. The number of ether oxygens (including phenoxy) is 1. The summed E-state index contributed by atoms with van der Waals surface area (Å²) in [6.45, 7) is 0.484. The first kappa shape index (κ1) is 28.9. The molecule has 1 unspecified atom stereocenters. The number of rotatable bonds is 5. The van der Waals surface area contributed by atoms with Crippen LogP contribution in [0.1, 0.15) is 46.3 Å². The number of hydrogen-bond donors (Lipinski definition) is 1. The number of carbonyl (C=O) groups excluding carboxylic acids is 2. The number of alkyl halides is 6. The van der Waals surface area contributed by atoms with Crippen molar-refractivity contribution in [1.29, 1.82) is 0 Å². The molecule has 1 fully saturated rings. The van der Waals surface area contributed by atoms with Crippen molar-refractivity contribution in [2.24, 2.45) is 10.6 Å². The number of alkyl carbamates (subject to hydrolysis) is 1. The molecule has 1 saturated carbocycles. The Hall–Kier alpha value is -3.06. The highest BCUT2D eigenvalue weighted by molar-refractivity contribution is 6.35. The quantitative estimate of drug-likeness (QED) is 0.290. The van der Waals surface area contributed by atoms with Crippen LogP contribution in [-0.2, 0) is 15.2 Å². The second-order valence-corrected chi connectivity index (χ2v) is 10.0. The van der Waals surface area contributed by atoms with Crippen LogP contribution in [0, 0.1) is 18.2 Å². The number of benzene rings is 2. The van der Waals surface area contributed by atoms with Crippen molar-refractivity contribution in [1.82, 2.24) is 5.32 Å². The van der Waals surface area contributed by atoms with Gasteiger partial charge in [-0.1, -0.05) is 34.4 Å². The molecular weight excluding hydrogens is 584 g/mol. The van der Waals surface area contributed by atoms with Gasteiger partial charge in [-0.05, 0) is 55.2 Å². The Kier molecular flexibility index (Phi) is 7.30. The average Bonchev–Trinajstić information content (AvgIpc) is 3.50. The van der Waals surface area contributed by atoms with E-state index in [9.17, 15) is 40.3 Å². The van der Waals surface area contributed by atoms with Gasteiger partial charge in [0.1, 0.15) is 12.0 Å². The normalized spacial score (nSPS) is 20.2. The number of oxime groups is 1. The Balaban J connectivity index is 1.48. The van der Waals surface area contributed by atoms with Gasteiger partial charge in [-0.3, -0.25) is 10.1 Å². The fourth-order valence-electron chi connectivity index (χ4n) is 4.01. The summed E-state index contributed by atoms with van der Waals surface area (Å²) in [5.74, 6) is -2.09. The van der Waals surface area contributed by atoms with E-state index in [0.717, 1.165) is 12.1 Å². The molecule has 1 aliphatic heterocycles. The number of carbonyl (C=O) groups is 2. The summed E-state index contributed by atoms with van der Waals surface area (Å²) >= 11 is 11.4. The van der Waals surface area contributed by atoms with Crippen molar-refractivity contribution in [2.45, 2.75) is 44.1 Å². The monoisotopic (exact) mass is 600 g/mol. The van der Waals surface area contributed by atoms with Crippen molar-refractivity contribution in [3.05, 3.63) is 68.4 Å². The van der Waals surface area contributed by atoms with Crippen LogP contribution in [0.2, 0.25) is 10.0 Å². The van der Waals surface area contributed by atoms with Crippen molar-refractivity contribution in [2.75, 3.05) is 6.61 Å². The third kappa shape index (κ3) is 5.38. The lowest BCUT2D eigenvalue weighted by Crippen LogP contribution is -2.42. The zero-order valence-corrected chi connectivity index (χ0v) is 21.2. The molecule has 0 spiro atoms. The number of imide groups is 1. The Labute approximate surface area is 226 Å². The summed E-state index contributed by atoms with van der Waals surface area (Å²) in [6, 6.07) is 5.23. The van der Waals surface area contributed by atoms with Gasteiger partial charge < -0.3 is 9.57 Å². The molecule has 39 heavy (non-hydrogen) atoms. The lowest BCUT2D eigenvalue weighted by molar-refractivity contribution is -0.275. The Morgan fingerprint density at radius 1 is 1.05 bits per heavy atom. The maximum absolute atomic E-state index is 14.2. The summed E-state index contributed by atoms with van der Waals surface area (Å²) in [7, 11) is 0. The van der Waals surface area contributed by atoms with E-state index < -0.39 is 69.8 Å². The van der Waals surface area contributed by atoms with Crippen molar-refractivity contribution < 1.29 is 49.9 Å². The molecule has 210 valence electrons. The molecule has 0 bridgehead atoms. The van der Waals surface area contributed by atoms with Crippen molar-refractivity contribution >= 4 is 40.9 Å². The summed E-state index contributed by atoms with van der Waals surface area (Å²) in [4.78, 5) is 29.2. The van der Waals surface area contributed by atoms with Crippen LogP contribution in [-0.4, -0.2) is 36.7 Å². The average molecular weight is 601 g/mol. The Morgan fingerprint density at radius 2 is 1.67 bits per heavy atom. The van der Waals surface area contributed by atoms with Crippen LogP contribution in [0.15, 0.2) is 35.5 Å². The van der Waals surface area contributed by atoms with Gasteiger partial charge in [0.15, 0.2) is 5.82 Å². The van der Waals surface area contributed by atoms with Gasteiger partial charge in [-0.2, -0.15) is 26.3 Å². The molecule has 2 aromatic carbocycles. The van der Waals surface area contributed by atoms with Crippen LogP contribution in [0.3, 0.4) is 0 Å². The summed E-state index contributed by atoms with van der Waals surface area (Å²) in [5, 5.41) is 4.10. The van der Waals surface area contributed by atoms with Gasteiger partial charge in [0, 0.05) is 17.5 Å². The van der Waals surface area contributed by atoms with Gasteiger partial charge in [0.05, 0.1) is 15.8 Å². The molecule has 2 aromatic rings. The summed E-state index contributed by atoms with van der Waals surface area (Å²) in [5.41, 5.74) is -5.62. The molecule has 0 saturated heterocycles. The summed E-state index contributed by atoms with van der Waals surface area (Å²) < 4.78 is 99.9. The van der Waals surface area contributed by atoms with E-state index in [4.69, 9.17) is 28.0 Å². The van der Waals surface area contributed by atoms with E-state index in [1.54, 1.807) is 0 Å². The predicted octanol–water partition coefficient (Wildman–Crippen LogP) is 7.23. The van der Waals surface area contributed by atoms with Gasteiger partial charge in [-0.15, -0.1) is 0 Å². The minimum atomic E-state index is -5.02. The first-order chi connectivity index (χ1) is 18.0. The van der Waals surface area contributed by atoms with E-state index >= 15 is 0 Å². The zero-order chi connectivity index (χ0) is 29.0. The van der Waals surface area contributed by atoms with Crippen molar-refractivity contribution in [3.8, 4) is 0 Å². The van der Waals surface area contributed by atoms with Gasteiger partial charge in [-0.25, -0.2) is 9.18 Å². The van der Waals surface area contributed by atoms with Crippen LogP contribution in [0.4, 0.5) is 35.5 Å². The van der Waals surface area contributed by atoms with E-state index in [0.29, 0.717) is 0 Å². The van der Waals surface area contributed by atoms with Gasteiger partial charge in [0.25, 0.3) is 11.5 Å². The smallest absolute Gasteiger partial charge is 0.435 e. The van der Waals surface area contributed by atoms with Crippen LogP contribution in [0.5, 0.6) is 0 Å². The van der Waals surface area contributed by atoms with Gasteiger partial charge >= 0.3 is 18.4 Å². The van der Waals surface area contributed by atoms with E-state index in [1.807, 2.05) is 5.32 Å². The fourth-order valence-corrected chi connectivity index (χ4v) is 4.49. The Bertz CT molecular complexity index is 1350. The lowest BCUT2D eigenvalue weighted by atomic mass is 9.86. The standard InChI is InChI=1S/C24H17Cl2F7N2O4/c1-11-6-12(2-3-14(11)19(36)34-20(37)38-10-21(4-5-21)23(28,29)30)17-9-22(39-35-17,24(31,32)33)13-7-15(25)18(27)16(26)8-13/h2-3,6-8H,4-5,9-10H2,1H3,(H,34,36,37). The SMILES string of the molecule is Cc1cc(C2=NOC(c3cc(Cl)c(F)c(Cl)c3)(C(F)(F)F)C2)ccc1C(=O)NC(=O)OCC1(C(F)(F)F)CC1.